The van der Waals surface area contributed by atoms with E-state index in [-0.39, 0.29) is 12.3 Å². The zero-order valence-corrected chi connectivity index (χ0v) is 13.5. The number of benzene rings is 1. The zero-order chi connectivity index (χ0) is 16.4. The standard InChI is InChI=1S/C16H22ClNO4/c1-12-11-13(17)7-8-14(12)22-10-4-9-18-15(19)5-2-3-6-16(20)21/h7-8,11H,2-6,9-10H2,1H3,(H,18,19)(H,20,21). The molecule has 0 spiro atoms. The maximum absolute atomic E-state index is 11.5. The van der Waals surface area contributed by atoms with Gasteiger partial charge in [-0.3, -0.25) is 9.59 Å². The third-order valence-electron chi connectivity index (χ3n) is 3.08. The lowest BCUT2D eigenvalue weighted by molar-refractivity contribution is -0.137. The minimum Gasteiger partial charge on any atom is -0.493 e. The average molecular weight is 328 g/mol. The van der Waals surface area contributed by atoms with Gasteiger partial charge in [-0.2, -0.15) is 0 Å². The van der Waals surface area contributed by atoms with Crippen LogP contribution in [0.5, 0.6) is 5.75 Å². The van der Waals surface area contributed by atoms with Gasteiger partial charge in [0, 0.05) is 24.4 Å². The minimum atomic E-state index is -0.824. The van der Waals surface area contributed by atoms with Gasteiger partial charge in [0.25, 0.3) is 0 Å². The van der Waals surface area contributed by atoms with Crippen molar-refractivity contribution in [3.8, 4) is 5.75 Å². The molecular formula is C16H22ClNO4. The molecule has 5 nitrogen and oxygen atoms in total. The molecule has 2 N–H and O–H groups in total. The second-order valence-corrected chi connectivity index (χ2v) is 5.50. The molecule has 0 unspecified atom stereocenters. The van der Waals surface area contributed by atoms with Gasteiger partial charge in [0.15, 0.2) is 0 Å². The zero-order valence-electron chi connectivity index (χ0n) is 12.7. The first kappa shape index (κ1) is 18.3. The van der Waals surface area contributed by atoms with Crippen molar-refractivity contribution in [2.45, 2.75) is 39.0 Å². The number of rotatable bonds is 10. The Kier molecular flexibility index (Phi) is 8.36. The van der Waals surface area contributed by atoms with E-state index in [0.29, 0.717) is 43.9 Å². The number of carbonyl (C=O) groups is 2. The minimum absolute atomic E-state index is 0.0481. The molecule has 1 aromatic carbocycles. The number of aryl methyl sites for hydroxylation is 1. The summed E-state index contributed by atoms with van der Waals surface area (Å²) < 4.78 is 5.62. The molecule has 0 atom stereocenters. The van der Waals surface area contributed by atoms with Gasteiger partial charge in [-0.15, -0.1) is 0 Å². The normalized spacial score (nSPS) is 10.3. The Morgan fingerprint density at radius 2 is 1.95 bits per heavy atom. The van der Waals surface area contributed by atoms with Crippen molar-refractivity contribution in [1.82, 2.24) is 5.32 Å². The van der Waals surface area contributed by atoms with Crippen LogP contribution >= 0.6 is 11.6 Å². The first-order chi connectivity index (χ1) is 10.5. The van der Waals surface area contributed by atoms with Crippen LogP contribution in [0.25, 0.3) is 0 Å². The van der Waals surface area contributed by atoms with Crippen molar-refractivity contribution >= 4 is 23.5 Å². The second kappa shape index (κ2) is 10.1. The molecule has 0 bridgehead atoms. The molecule has 1 rings (SSSR count). The highest BCUT2D eigenvalue weighted by atomic mass is 35.5. The summed E-state index contributed by atoms with van der Waals surface area (Å²) in [6.45, 7) is 2.99. The number of hydrogen-bond donors (Lipinski definition) is 2. The molecular weight excluding hydrogens is 306 g/mol. The van der Waals surface area contributed by atoms with Gasteiger partial charge in [-0.05, 0) is 49.9 Å². The van der Waals surface area contributed by atoms with Crippen molar-refractivity contribution in [3.63, 3.8) is 0 Å². The first-order valence-electron chi connectivity index (χ1n) is 7.36. The Bertz CT molecular complexity index is 505. The molecule has 0 fully saturated rings. The van der Waals surface area contributed by atoms with E-state index >= 15 is 0 Å². The number of halogens is 1. The number of carboxylic acids is 1. The topological polar surface area (TPSA) is 75.6 Å². The van der Waals surface area contributed by atoms with Crippen LogP contribution in [0, 0.1) is 6.92 Å². The fourth-order valence-corrected chi connectivity index (χ4v) is 2.13. The maximum atomic E-state index is 11.5. The van der Waals surface area contributed by atoms with Crippen LogP contribution in [0.3, 0.4) is 0 Å². The van der Waals surface area contributed by atoms with Crippen LogP contribution in [-0.2, 0) is 9.59 Å². The number of carboxylic acid groups (broad SMARTS) is 1. The quantitative estimate of drug-likeness (QED) is 0.647. The van der Waals surface area contributed by atoms with Gasteiger partial charge in [0.05, 0.1) is 6.61 Å². The Hall–Kier alpha value is -1.75. The number of hydrogen-bond acceptors (Lipinski definition) is 3. The van der Waals surface area contributed by atoms with Crippen molar-refractivity contribution in [2.75, 3.05) is 13.2 Å². The Morgan fingerprint density at radius 3 is 2.64 bits per heavy atom. The third-order valence-corrected chi connectivity index (χ3v) is 3.32. The molecule has 0 radical (unpaired) electrons. The number of ether oxygens (including phenoxy) is 1. The van der Waals surface area contributed by atoms with Crippen molar-refractivity contribution in [3.05, 3.63) is 28.8 Å². The number of carbonyl (C=O) groups excluding carboxylic acids is 1. The van der Waals surface area contributed by atoms with E-state index in [2.05, 4.69) is 5.32 Å². The average Bonchev–Trinajstić information content (AvgIpc) is 2.45. The van der Waals surface area contributed by atoms with Crippen LogP contribution in [-0.4, -0.2) is 30.1 Å². The van der Waals surface area contributed by atoms with Crippen LogP contribution in [0.15, 0.2) is 18.2 Å². The summed E-state index contributed by atoms with van der Waals surface area (Å²) in [7, 11) is 0. The van der Waals surface area contributed by atoms with Gasteiger partial charge in [0.2, 0.25) is 5.91 Å². The number of aliphatic carboxylic acids is 1. The third kappa shape index (κ3) is 7.88. The second-order valence-electron chi connectivity index (χ2n) is 5.06. The lowest BCUT2D eigenvalue weighted by Crippen LogP contribution is -2.25. The summed E-state index contributed by atoms with van der Waals surface area (Å²) >= 11 is 5.87. The molecule has 1 aromatic rings. The molecule has 6 heteroatoms. The molecule has 0 aliphatic heterocycles. The number of amides is 1. The van der Waals surface area contributed by atoms with Crippen molar-refractivity contribution in [1.29, 1.82) is 0 Å². The molecule has 122 valence electrons. The van der Waals surface area contributed by atoms with Gasteiger partial charge in [-0.25, -0.2) is 0 Å². The van der Waals surface area contributed by atoms with Gasteiger partial charge >= 0.3 is 5.97 Å². The van der Waals surface area contributed by atoms with Crippen molar-refractivity contribution < 1.29 is 19.4 Å². The van der Waals surface area contributed by atoms with Gasteiger partial charge in [-0.1, -0.05) is 11.6 Å². The lowest BCUT2D eigenvalue weighted by atomic mass is 10.2. The molecule has 0 saturated carbocycles. The molecule has 0 aliphatic carbocycles. The summed E-state index contributed by atoms with van der Waals surface area (Å²) in [6, 6.07) is 5.46. The molecule has 0 saturated heterocycles. The highest BCUT2D eigenvalue weighted by Crippen LogP contribution is 2.21. The van der Waals surface area contributed by atoms with Crippen LogP contribution < -0.4 is 10.1 Å². The van der Waals surface area contributed by atoms with Crippen LogP contribution in [0.2, 0.25) is 5.02 Å². The van der Waals surface area contributed by atoms with E-state index in [1.807, 2.05) is 19.1 Å². The highest BCUT2D eigenvalue weighted by molar-refractivity contribution is 6.30. The molecule has 0 aromatic heterocycles. The summed E-state index contributed by atoms with van der Waals surface area (Å²) in [4.78, 5) is 21.8. The molecule has 22 heavy (non-hydrogen) atoms. The number of nitrogens with one attached hydrogen (secondary N) is 1. The number of unbranched alkanes of at least 4 members (excludes halogenated alkanes) is 1. The molecule has 1 amide bonds. The Labute approximate surface area is 135 Å². The predicted octanol–water partition coefficient (Wildman–Crippen LogP) is 3.18. The maximum Gasteiger partial charge on any atom is 0.303 e. The lowest BCUT2D eigenvalue weighted by Gasteiger charge is -2.10. The Morgan fingerprint density at radius 1 is 1.23 bits per heavy atom. The smallest absolute Gasteiger partial charge is 0.303 e. The highest BCUT2D eigenvalue weighted by Gasteiger charge is 2.03. The summed E-state index contributed by atoms with van der Waals surface area (Å²) in [5.41, 5.74) is 0.981. The summed E-state index contributed by atoms with van der Waals surface area (Å²) in [5.74, 6) is -0.0764. The monoisotopic (exact) mass is 327 g/mol. The van der Waals surface area contributed by atoms with Crippen molar-refractivity contribution in [2.24, 2.45) is 0 Å². The Balaban J connectivity index is 2.07. The molecule has 0 aliphatic rings. The predicted molar refractivity (Wildman–Crippen MR) is 85.4 cm³/mol. The summed E-state index contributed by atoms with van der Waals surface area (Å²) in [6.07, 6.45) is 2.31. The van der Waals surface area contributed by atoms with Gasteiger partial charge < -0.3 is 15.2 Å². The van der Waals surface area contributed by atoms with E-state index in [1.54, 1.807) is 6.07 Å². The van der Waals surface area contributed by atoms with E-state index < -0.39 is 5.97 Å². The van der Waals surface area contributed by atoms with Crippen LogP contribution in [0.4, 0.5) is 0 Å². The van der Waals surface area contributed by atoms with E-state index in [4.69, 9.17) is 21.4 Å². The van der Waals surface area contributed by atoms with Gasteiger partial charge in [0.1, 0.15) is 5.75 Å². The first-order valence-corrected chi connectivity index (χ1v) is 7.74. The van der Waals surface area contributed by atoms with E-state index in [0.717, 1.165) is 11.3 Å². The fraction of sp³-hybridized carbons (Fsp3) is 0.500. The SMILES string of the molecule is Cc1cc(Cl)ccc1OCCCNC(=O)CCCCC(=O)O. The van der Waals surface area contributed by atoms with E-state index in [1.165, 1.54) is 0 Å². The van der Waals surface area contributed by atoms with Crippen LogP contribution in [0.1, 0.15) is 37.7 Å². The largest absolute Gasteiger partial charge is 0.493 e. The summed E-state index contributed by atoms with van der Waals surface area (Å²) in [5, 5.41) is 12.0. The van der Waals surface area contributed by atoms with E-state index in [9.17, 15) is 9.59 Å². The fourth-order valence-electron chi connectivity index (χ4n) is 1.91. The molecule has 0 heterocycles.